The quantitative estimate of drug-likeness (QED) is 0.0535. The molecule has 0 aliphatic rings. The van der Waals surface area contributed by atoms with Crippen LogP contribution in [-0.4, -0.2) is 51.3 Å². The topological polar surface area (TPSA) is 218 Å². The standard InChI is InChI=1S/C20H16BrNO3S.C19H13BrClNO4S.C19H13BrFNO4S/c21-15-9-7-14(8-10-15)16-12-26-19(18(16)20(24)25)22-17(23)11-6-13-4-2-1-3-5-13;2*20-13-7-5-11(6-8-13)14-10-27-17(16(14)18(23)24)22-19(25)26-9-12-3-1-2-4-15(12)21/h1-5,7-10,12H,6,11H2,(H,22,23)(H,24,25);2*1-8,10H,9H2,(H,22,25)(H,23,24). The van der Waals surface area contributed by atoms with Crippen LogP contribution in [0.5, 0.6) is 0 Å². The number of aromatic carboxylic acids is 3. The summed E-state index contributed by atoms with van der Waals surface area (Å²) in [5.74, 6) is -4.03. The summed E-state index contributed by atoms with van der Waals surface area (Å²) in [6.07, 6.45) is -0.694. The van der Waals surface area contributed by atoms with Crippen LogP contribution in [0.4, 0.5) is 29.0 Å². The fourth-order valence-corrected chi connectivity index (χ4v) is 11.2. The number of halogens is 5. The predicted molar refractivity (Wildman–Crippen MR) is 322 cm³/mol. The third-order valence-electron chi connectivity index (χ3n) is 11.3. The molecule has 22 heteroatoms. The zero-order chi connectivity index (χ0) is 57.3. The number of benzene rings is 6. The first-order valence-corrected chi connectivity index (χ1v) is 28.9. The zero-order valence-electron chi connectivity index (χ0n) is 41.2. The summed E-state index contributed by atoms with van der Waals surface area (Å²) in [6, 6.07) is 44.5. The number of ether oxygens (including phenoxy) is 2. The molecule has 3 amide bonds. The van der Waals surface area contributed by atoms with Crippen LogP contribution in [-0.2, 0) is 33.9 Å². The van der Waals surface area contributed by atoms with Crippen molar-refractivity contribution in [3.8, 4) is 33.4 Å². The molecule has 0 radical (unpaired) electrons. The number of carbonyl (C=O) groups is 6. The molecule has 0 spiro atoms. The van der Waals surface area contributed by atoms with Gasteiger partial charge in [-0.05, 0) is 77.2 Å². The van der Waals surface area contributed by atoms with E-state index in [0.717, 1.165) is 52.8 Å². The van der Waals surface area contributed by atoms with E-state index in [-0.39, 0.29) is 51.4 Å². The van der Waals surface area contributed by atoms with E-state index < -0.39 is 35.9 Å². The van der Waals surface area contributed by atoms with Gasteiger partial charge in [0.25, 0.3) is 0 Å². The number of nitrogens with one attached hydrogen (secondary N) is 3. The molecule has 0 unspecified atom stereocenters. The Kier molecular flexibility index (Phi) is 21.9. The maximum atomic E-state index is 13.6. The Bertz CT molecular complexity index is 3490. The largest absolute Gasteiger partial charge is 0.478 e. The maximum absolute atomic E-state index is 13.6. The molecule has 0 saturated heterocycles. The molecule has 80 heavy (non-hydrogen) atoms. The molecule has 3 heterocycles. The average molecular weight is 1350 g/mol. The number of rotatable bonds is 16. The van der Waals surface area contributed by atoms with E-state index in [1.807, 2.05) is 66.7 Å². The molecule has 0 atom stereocenters. The van der Waals surface area contributed by atoms with Gasteiger partial charge < -0.3 is 30.1 Å². The van der Waals surface area contributed by atoms with Crippen LogP contribution in [0.25, 0.3) is 33.4 Å². The van der Waals surface area contributed by atoms with Gasteiger partial charge >= 0.3 is 30.1 Å². The highest BCUT2D eigenvalue weighted by atomic mass is 79.9. The minimum Gasteiger partial charge on any atom is -0.478 e. The van der Waals surface area contributed by atoms with Gasteiger partial charge in [-0.3, -0.25) is 15.4 Å². The molecule has 0 bridgehead atoms. The zero-order valence-corrected chi connectivity index (χ0v) is 49.2. The molecule has 408 valence electrons. The molecule has 9 rings (SSSR count). The first-order chi connectivity index (χ1) is 38.4. The molecule has 6 aromatic carbocycles. The molecular formula is C58H42Br3ClFN3O11S3. The van der Waals surface area contributed by atoms with Crippen molar-refractivity contribution in [2.45, 2.75) is 26.1 Å². The van der Waals surface area contributed by atoms with E-state index >= 15 is 0 Å². The molecule has 9 aromatic rings. The molecule has 14 nitrogen and oxygen atoms in total. The molecule has 0 fully saturated rings. The fraction of sp³-hybridized carbons (Fsp3) is 0.0690. The van der Waals surface area contributed by atoms with Crippen molar-refractivity contribution in [2.75, 3.05) is 16.0 Å². The second-order valence-corrected chi connectivity index (χ2v) is 22.4. The van der Waals surface area contributed by atoms with Gasteiger partial charge in [0.05, 0.1) is 0 Å². The van der Waals surface area contributed by atoms with E-state index in [9.17, 15) is 48.5 Å². The van der Waals surface area contributed by atoms with Crippen molar-refractivity contribution in [3.63, 3.8) is 0 Å². The van der Waals surface area contributed by atoms with Crippen LogP contribution in [0.3, 0.4) is 0 Å². The molecule has 3 aromatic heterocycles. The third-order valence-corrected chi connectivity index (χ3v) is 15.9. The Labute approximate surface area is 499 Å². The maximum Gasteiger partial charge on any atom is 0.412 e. The number of carbonyl (C=O) groups excluding carboxylic acids is 3. The van der Waals surface area contributed by atoms with E-state index in [1.165, 1.54) is 29.5 Å². The van der Waals surface area contributed by atoms with Crippen molar-refractivity contribution in [2.24, 2.45) is 0 Å². The van der Waals surface area contributed by atoms with Crippen LogP contribution < -0.4 is 16.0 Å². The number of hydrogen-bond acceptors (Lipinski definition) is 11. The first-order valence-electron chi connectivity index (χ1n) is 23.5. The normalized spacial score (nSPS) is 10.5. The van der Waals surface area contributed by atoms with Gasteiger partial charge in [0.2, 0.25) is 5.91 Å². The van der Waals surface area contributed by atoms with Crippen LogP contribution in [0, 0.1) is 5.82 Å². The van der Waals surface area contributed by atoms with Crippen molar-refractivity contribution >= 4 is 144 Å². The number of anilines is 3. The summed E-state index contributed by atoms with van der Waals surface area (Å²) < 4.78 is 26.4. The second-order valence-electron chi connectivity index (χ2n) is 16.6. The van der Waals surface area contributed by atoms with E-state index in [0.29, 0.717) is 50.7 Å². The Morgan fingerprint density at radius 1 is 0.475 bits per heavy atom. The molecule has 0 aliphatic heterocycles. The SMILES string of the molecule is O=C(CCc1ccccc1)Nc1scc(-c2ccc(Br)cc2)c1C(=O)O.O=C(Nc1scc(-c2ccc(Br)cc2)c1C(=O)O)OCc1ccccc1Cl.O=C(Nc1scc(-c2ccc(Br)cc2)c1C(=O)O)OCc1ccccc1F. The van der Waals surface area contributed by atoms with Gasteiger partial charge in [0, 0.05) is 68.8 Å². The number of carboxylic acids is 3. The van der Waals surface area contributed by atoms with Crippen molar-refractivity contribution < 1.29 is 58.0 Å². The van der Waals surface area contributed by atoms with Crippen LogP contribution >= 0.6 is 93.4 Å². The highest BCUT2D eigenvalue weighted by Crippen LogP contribution is 2.39. The van der Waals surface area contributed by atoms with Crippen LogP contribution in [0.1, 0.15) is 54.2 Å². The summed E-state index contributed by atoms with van der Waals surface area (Å²) in [7, 11) is 0. The van der Waals surface area contributed by atoms with Crippen molar-refractivity contribution in [3.05, 3.63) is 225 Å². The fourth-order valence-electron chi connectivity index (χ4n) is 7.38. The Hall–Kier alpha value is -7.50. The van der Waals surface area contributed by atoms with Gasteiger partial charge in [0.15, 0.2) is 0 Å². The Morgan fingerprint density at radius 2 is 0.838 bits per heavy atom. The number of amides is 3. The Balaban J connectivity index is 0.000000173. The minimum absolute atomic E-state index is 0.0150. The smallest absolute Gasteiger partial charge is 0.412 e. The van der Waals surface area contributed by atoms with E-state index in [2.05, 4.69) is 63.7 Å². The van der Waals surface area contributed by atoms with Gasteiger partial charge in [0.1, 0.15) is 50.7 Å². The lowest BCUT2D eigenvalue weighted by Gasteiger charge is -2.08. The summed E-state index contributed by atoms with van der Waals surface area (Å²) in [5.41, 5.74) is 5.97. The number of carboxylic acid groups (broad SMARTS) is 3. The van der Waals surface area contributed by atoms with Gasteiger partial charge in [-0.15, -0.1) is 34.0 Å². The monoisotopic (exact) mass is 1340 g/mol. The lowest BCUT2D eigenvalue weighted by molar-refractivity contribution is -0.116. The number of thiophene rings is 3. The van der Waals surface area contributed by atoms with Gasteiger partial charge in [-0.25, -0.2) is 28.4 Å². The molecule has 0 saturated carbocycles. The second kappa shape index (κ2) is 29.1. The van der Waals surface area contributed by atoms with Crippen molar-refractivity contribution in [1.82, 2.24) is 0 Å². The van der Waals surface area contributed by atoms with E-state index in [4.69, 9.17) is 21.1 Å². The molecule has 0 aliphatic carbocycles. The van der Waals surface area contributed by atoms with Gasteiger partial charge in [-0.1, -0.05) is 163 Å². The lowest BCUT2D eigenvalue weighted by Crippen LogP contribution is -2.15. The molecule has 6 N–H and O–H groups in total. The number of aryl methyl sites for hydroxylation is 1. The third kappa shape index (κ3) is 16.8. The predicted octanol–water partition coefficient (Wildman–Crippen LogP) is 17.5. The first kappa shape index (κ1) is 60.1. The van der Waals surface area contributed by atoms with Crippen LogP contribution in [0.2, 0.25) is 5.02 Å². The Morgan fingerprint density at radius 3 is 1.24 bits per heavy atom. The average Bonchev–Trinajstić information content (AvgIpc) is 4.23. The summed E-state index contributed by atoms with van der Waals surface area (Å²) in [6.45, 7) is -0.273. The highest BCUT2D eigenvalue weighted by Gasteiger charge is 2.24. The summed E-state index contributed by atoms with van der Waals surface area (Å²) in [4.78, 5) is 71.5. The lowest BCUT2D eigenvalue weighted by atomic mass is 10.0. The summed E-state index contributed by atoms with van der Waals surface area (Å²) in [5, 5.41) is 42.8. The van der Waals surface area contributed by atoms with Crippen molar-refractivity contribution in [1.29, 1.82) is 0 Å². The summed E-state index contributed by atoms with van der Waals surface area (Å²) >= 11 is 19.5. The van der Waals surface area contributed by atoms with Gasteiger partial charge in [-0.2, -0.15) is 0 Å². The minimum atomic E-state index is -1.17. The van der Waals surface area contributed by atoms with E-state index in [1.54, 1.807) is 82.9 Å². The van der Waals surface area contributed by atoms with Crippen LogP contribution in [0.15, 0.2) is 181 Å². The highest BCUT2D eigenvalue weighted by molar-refractivity contribution is 9.11. The molecular weight excluding hydrogens is 1310 g/mol. The number of hydrogen-bond donors (Lipinski definition) is 6.